The first-order valence-electron chi connectivity index (χ1n) is 6.66. The van der Waals surface area contributed by atoms with E-state index in [2.05, 4.69) is 55.5 Å². The van der Waals surface area contributed by atoms with Gasteiger partial charge in [-0.3, -0.25) is 0 Å². The van der Waals surface area contributed by atoms with Gasteiger partial charge in [-0.15, -0.1) is 0 Å². The molecular weight excluding hydrogens is 208 g/mol. The summed E-state index contributed by atoms with van der Waals surface area (Å²) >= 11 is 0. The van der Waals surface area contributed by atoms with Crippen LogP contribution in [0.2, 0.25) is 0 Å². The van der Waals surface area contributed by atoms with Crippen LogP contribution >= 0.6 is 0 Å². The molecule has 0 amide bonds. The Balaban J connectivity index is 2.12. The Morgan fingerprint density at radius 1 is 1.24 bits per heavy atom. The molecule has 1 atom stereocenters. The number of hydrogen-bond donors (Lipinski definition) is 1. The van der Waals surface area contributed by atoms with Crippen molar-refractivity contribution in [2.24, 2.45) is 5.92 Å². The summed E-state index contributed by atoms with van der Waals surface area (Å²) in [6, 6.07) is 8.98. The minimum atomic E-state index is 0.678. The molecule has 1 heterocycles. The van der Waals surface area contributed by atoms with Crippen LogP contribution in [-0.4, -0.2) is 27.2 Å². The van der Waals surface area contributed by atoms with Gasteiger partial charge in [-0.05, 0) is 55.5 Å². The lowest BCUT2D eigenvalue weighted by Crippen LogP contribution is -2.30. The highest BCUT2D eigenvalue weighted by Crippen LogP contribution is 2.31. The van der Waals surface area contributed by atoms with Crippen molar-refractivity contribution in [3.8, 4) is 0 Å². The molecular formula is C15H24N2. The summed E-state index contributed by atoms with van der Waals surface area (Å²) < 4.78 is 0. The maximum atomic E-state index is 3.44. The van der Waals surface area contributed by atoms with Gasteiger partial charge in [0.2, 0.25) is 0 Å². The molecule has 94 valence electrons. The predicted octanol–water partition coefficient (Wildman–Crippen LogP) is 2.86. The Labute approximate surface area is 105 Å². The third kappa shape index (κ3) is 3.01. The molecule has 1 fully saturated rings. The van der Waals surface area contributed by atoms with Crippen LogP contribution in [-0.2, 0) is 0 Å². The molecule has 1 aliphatic rings. The van der Waals surface area contributed by atoms with Gasteiger partial charge in [-0.1, -0.05) is 19.1 Å². The summed E-state index contributed by atoms with van der Waals surface area (Å²) in [5.74, 6) is 1.52. The second kappa shape index (κ2) is 5.54. The third-order valence-electron chi connectivity index (χ3n) is 4.00. The molecule has 1 aromatic carbocycles. The Bertz CT molecular complexity index is 354. The number of nitrogens with one attached hydrogen (secondary N) is 1. The number of rotatable bonds is 3. The molecule has 0 bridgehead atoms. The summed E-state index contributed by atoms with van der Waals surface area (Å²) in [6.45, 7) is 4.75. The van der Waals surface area contributed by atoms with Crippen LogP contribution in [0.4, 0.5) is 5.69 Å². The molecule has 2 nitrogen and oxygen atoms in total. The van der Waals surface area contributed by atoms with Crippen LogP contribution in [0.25, 0.3) is 0 Å². The number of anilines is 1. The van der Waals surface area contributed by atoms with Gasteiger partial charge in [-0.25, -0.2) is 0 Å². The van der Waals surface area contributed by atoms with Crippen molar-refractivity contribution in [3.63, 3.8) is 0 Å². The SMILES string of the molecule is CC(c1cccc(N(C)C)c1)C1CCNCC1. The van der Waals surface area contributed by atoms with E-state index in [1.54, 1.807) is 0 Å². The Hall–Kier alpha value is -1.02. The quantitative estimate of drug-likeness (QED) is 0.862. The van der Waals surface area contributed by atoms with Crippen LogP contribution in [0.5, 0.6) is 0 Å². The number of hydrogen-bond acceptors (Lipinski definition) is 2. The summed E-state index contributed by atoms with van der Waals surface area (Å²) in [4.78, 5) is 2.18. The molecule has 2 rings (SSSR count). The average molecular weight is 232 g/mol. The van der Waals surface area contributed by atoms with Gasteiger partial charge in [0.05, 0.1) is 0 Å². The van der Waals surface area contributed by atoms with E-state index in [1.165, 1.54) is 37.2 Å². The highest BCUT2D eigenvalue weighted by Gasteiger charge is 2.21. The lowest BCUT2D eigenvalue weighted by Gasteiger charge is -2.29. The van der Waals surface area contributed by atoms with Crippen molar-refractivity contribution < 1.29 is 0 Å². The molecule has 1 aliphatic heterocycles. The van der Waals surface area contributed by atoms with E-state index in [-0.39, 0.29) is 0 Å². The number of nitrogens with zero attached hydrogens (tertiary/aromatic N) is 1. The maximum absolute atomic E-state index is 3.44. The maximum Gasteiger partial charge on any atom is 0.0363 e. The van der Waals surface area contributed by atoms with Crippen LogP contribution in [0.3, 0.4) is 0 Å². The molecule has 2 heteroatoms. The van der Waals surface area contributed by atoms with Gasteiger partial charge in [-0.2, -0.15) is 0 Å². The van der Waals surface area contributed by atoms with E-state index in [9.17, 15) is 0 Å². The third-order valence-corrected chi connectivity index (χ3v) is 4.00. The molecule has 1 unspecified atom stereocenters. The minimum absolute atomic E-state index is 0.678. The van der Waals surface area contributed by atoms with E-state index in [0.717, 1.165) is 5.92 Å². The summed E-state index contributed by atoms with van der Waals surface area (Å²) in [6.07, 6.45) is 2.63. The fourth-order valence-corrected chi connectivity index (χ4v) is 2.70. The Kier molecular flexibility index (Phi) is 4.06. The molecule has 1 saturated heterocycles. The molecule has 0 aliphatic carbocycles. The highest BCUT2D eigenvalue weighted by atomic mass is 15.1. The van der Waals surface area contributed by atoms with Crippen LogP contribution in [0.15, 0.2) is 24.3 Å². The first kappa shape index (κ1) is 12.4. The zero-order valence-electron chi connectivity index (χ0n) is 11.2. The zero-order valence-corrected chi connectivity index (χ0v) is 11.2. The van der Waals surface area contributed by atoms with Crippen molar-refractivity contribution in [2.45, 2.75) is 25.7 Å². The summed E-state index contributed by atoms with van der Waals surface area (Å²) in [5.41, 5.74) is 2.80. The Morgan fingerprint density at radius 2 is 1.94 bits per heavy atom. The number of benzene rings is 1. The van der Waals surface area contributed by atoms with Crippen molar-refractivity contribution in [3.05, 3.63) is 29.8 Å². The topological polar surface area (TPSA) is 15.3 Å². The second-order valence-electron chi connectivity index (χ2n) is 5.37. The van der Waals surface area contributed by atoms with Gasteiger partial charge in [0.25, 0.3) is 0 Å². The van der Waals surface area contributed by atoms with Crippen molar-refractivity contribution >= 4 is 5.69 Å². The van der Waals surface area contributed by atoms with Crippen molar-refractivity contribution in [1.82, 2.24) is 5.32 Å². The summed E-state index contributed by atoms with van der Waals surface area (Å²) in [7, 11) is 4.21. The fourth-order valence-electron chi connectivity index (χ4n) is 2.70. The van der Waals surface area contributed by atoms with Gasteiger partial charge in [0.15, 0.2) is 0 Å². The van der Waals surface area contributed by atoms with Crippen LogP contribution < -0.4 is 10.2 Å². The van der Waals surface area contributed by atoms with Gasteiger partial charge in [0, 0.05) is 19.8 Å². The fraction of sp³-hybridized carbons (Fsp3) is 0.600. The molecule has 0 spiro atoms. The van der Waals surface area contributed by atoms with Crippen LogP contribution in [0, 0.1) is 5.92 Å². The smallest absolute Gasteiger partial charge is 0.0363 e. The summed E-state index contributed by atoms with van der Waals surface area (Å²) in [5, 5.41) is 3.44. The highest BCUT2D eigenvalue weighted by molar-refractivity contribution is 5.47. The molecule has 0 aromatic heterocycles. The van der Waals surface area contributed by atoms with Crippen LogP contribution in [0.1, 0.15) is 31.2 Å². The monoisotopic (exact) mass is 232 g/mol. The lowest BCUT2D eigenvalue weighted by molar-refractivity contribution is 0.330. The van der Waals surface area contributed by atoms with E-state index in [1.807, 2.05) is 0 Å². The normalized spacial score (nSPS) is 19.0. The van der Waals surface area contributed by atoms with Crippen molar-refractivity contribution in [1.29, 1.82) is 0 Å². The molecule has 0 radical (unpaired) electrons. The van der Waals surface area contributed by atoms with Gasteiger partial charge >= 0.3 is 0 Å². The molecule has 1 aromatic rings. The average Bonchev–Trinajstić information content (AvgIpc) is 2.39. The number of piperidine rings is 1. The first-order chi connectivity index (χ1) is 8.18. The van der Waals surface area contributed by atoms with Crippen molar-refractivity contribution in [2.75, 3.05) is 32.1 Å². The minimum Gasteiger partial charge on any atom is -0.378 e. The standard InChI is InChI=1S/C15H24N2/c1-12(13-7-9-16-10-8-13)14-5-4-6-15(11-14)17(2)3/h4-6,11-13,16H,7-10H2,1-3H3. The largest absolute Gasteiger partial charge is 0.378 e. The predicted molar refractivity (Wildman–Crippen MR) is 74.8 cm³/mol. The molecule has 0 saturated carbocycles. The van der Waals surface area contributed by atoms with E-state index in [4.69, 9.17) is 0 Å². The van der Waals surface area contributed by atoms with E-state index >= 15 is 0 Å². The second-order valence-corrected chi connectivity index (χ2v) is 5.37. The van der Waals surface area contributed by atoms with E-state index < -0.39 is 0 Å². The molecule has 1 N–H and O–H groups in total. The van der Waals surface area contributed by atoms with Gasteiger partial charge < -0.3 is 10.2 Å². The van der Waals surface area contributed by atoms with E-state index in [0.29, 0.717) is 5.92 Å². The lowest BCUT2D eigenvalue weighted by atomic mass is 9.81. The van der Waals surface area contributed by atoms with Gasteiger partial charge in [0.1, 0.15) is 0 Å². The molecule has 17 heavy (non-hydrogen) atoms. The first-order valence-corrected chi connectivity index (χ1v) is 6.66. The Morgan fingerprint density at radius 3 is 2.59 bits per heavy atom. The zero-order chi connectivity index (χ0) is 12.3.